The smallest absolute Gasteiger partial charge is 0.148 e. The van der Waals surface area contributed by atoms with Crippen molar-refractivity contribution >= 4 is 28.3 Å². The number of rotatable bonds is 3. The number of hydrogen-bond acceptors (Lipinski definition) is 4. The number of ether oxygens (including phenoxy) is 1. The SMILES string of the molecule is C=CCSC(=S)NN1CCOCC1. The highest BCUT2D eigenvalue weighted by Crippen LogP contribution is 2.03. The lowest BCUT2D eigenvalue weighted by molar-refractivity contribution is 0.0257. The molecule has 5 heteroatoms. The molecule has 3 nitrogen and oxygen atoms in total. The van der Waals surface area contributed by atoms with E-state index in [0.717, 1.165) is 36.4 Å². The molecule has 0 spiro atoms. The lowest BCUT2D eigenvalue weighted by atomic mass is 10.5. The molecule has 0 aromatic heterocycles. The molecule has 13 heavy (non-hydrogen) atoms. The molecule has 1 heterocycles. The molecule has 1 aliphatic heterocycles. The molecule has 0 aromatic carbocycles. The molecular formula is C8H14N2OS2. The molecule has 1 saturated heterocycles. The van der Waals surface area contributed by atoms with Crippen molar-refractivity contribution < 1.29 is 4.74 Å². The van der Waals surface area contributed by atoms with E-state index in [2.05, 4.69) is 17.0 Å². The van der Waals surface area contributed by atoms with Gasteiger partial charge in [0.15, 0.2) is 0 Å². The van der Waals surface area contributed by atoms with E-state index < -0.39 is 0 Å². The van der Waals surface area contributed by atoms with Gasteiger partial charge in [-0.05, 0) is 0 Å². The fourth-order valence-electron chi connectivity index (χ4n) is 0.971. The average molecular weight is 218 g/mol. The van der Waals surface area contributed by atoms with Crippen LogP contribution in [0.25, 0.3) is 0 Å². The van der Waals surface area contributed by atoms with Gasteiger partial charge in [-0.2, -0.15) is 0 Å². The molecular weight excluding hydrogens is 204 g/mol. The van der Waals surface area contributed by atoms with Gasteiger partial charge in [-0.1, -0.05) is 30.1 Å². The normalized spacial score (nSPS) is 18.2. The van der Waals surface area contributed by atoms with Crippen LogP contribution in [0.1, 0.15) is 0 Å². The third kappa shape index (κ3) is 4.61. The van der Waals surface area contributed by atoms with Crippen LogP contribution in [-0.4, -0.2) is 41.4 Å². The van der Waals surface area contributed by atoms with Gasteiger partial charge >= 0.3 is 0 Å². The maximum absolute atomic E-state index is 5.21. The van der Waals surface area contributed by atoms with Crippen LogP contribution in [0.5, 0.6) is 0 Å². The Hall–Kier alpha value is -0.100. The number of hydrazine groups is 1. The van der Waals surface area contributed by atoms with E-state index in [1.165, 1.54) is 0 Å². The van der Waals surface area contributed by atoms with E-state index in [4.69, 9.17) is 17.0 Å². The Bertz CT molecular complexity index is 181. The Morgan fingerprint density at radius 3 is 2.92 bits per heavy atom. The van der Waals surface area contributed by atoms with E-state index in [0.29, 0.717) is 0 Å². The number of nitrogens with one attached hydrogen (secondary N) is 1. The van der Waals surface area contributed by atoms with Crippen molar-refractivity contribution in [1.29, 1.82) is 0 Å². The fraction of sp³-hybridized carbons (Fsp3) is 0.625. The quantitative estimate of drug-likeness (QED) is 0.563. The lowest BCUT2D eigenvalue weighted by Crippen LogP contribution is -2.47. The van der Waals surface area contributed by atoms with E-state index in [1.54, 1.807) is 11.8 Å². The van der Waals surface area contributed by atoms with Gasteiger partial charge in [0.05, 0.1) is 13.2 Å². The maximum atomic E-state index is 5.21. The van der Waals surface area contributed by atoms with Gasteiger partial charge in [0.25, 0.3) is 0 Å². The monoisotopic (exact) mass is 218 g/mol. The fourth-order valence-corrected chi connectivity index (χ4v) is 1.77. The molecule has 0 unspecified atom stereocenters. The molecule has 1 rings (SSSR count). The minimum absolute atomic E-state index is 0.780. The summed E-state index contributed by atoms with van der Waals surface area (Å²) in [5, 5.41) is 2.09. The molecule has 0 atom stereocenters. The van der Waals surface area contributed by atoms with Gasteiger partial charge in [0.2, 0.25) is 0 Å². The Balaban J connectivity index is 2.14. The highest BCUT2D eigenvalue weighted by Gasteiger charge is 2.10. The zero-order valence-electron chi connectivity index (χ0n) is 7.49. The molecule has 0 aliphatic carbocycles. The number of morpholine rings is 1. The van der Waals surface area contributed by atoms with Crippen molar-refractivity contribution in [2.75, 3.05) is 32.1 Å². The Morgan fingerprint density at radius 2 is 2.31 bits per heavy atom. The largest absolute Gasteiger partial charge is 0.379 e. The molecule has 0 saturated carbocycles. The summed E-state index contributed by atoms with van der Waals surface area (Å²) in [6, 6.07) is 0. The van der Waals surface area contributed by atoms with E-state index >= 15 is 0 Å². The first kappa shape index (κ1) is 11.0. The Morgan fingerprint density at radius 1 is 1.62 bits per heavy atom. The van der Waals surface area contributed by atoms with Crippen molar-refractivity contribution in [2.45, 2.75) is 0 Å². The predicted molar refractivity (Wildman–Crippen MR) is 60.8 cm³/mol. The molecule has 0 aromatic rings. The number of thioether (sulfide) groups is 1. The van der Waals surface area contributed by atoms with Crippen LogP contribution in [0, 0.1) is 0 Å². The van der Waals surface area contributed by atoms with Gasteiger partial charge in [0.1, 0.15) is 4.32 Å². The van der Waals surface area contributed by atoms with Gasteiger partial charge < -0.3 is 10.2 Å². The summed E-state index contributed by atoms with van der Waals surface area (Å²) < 4.78 is 6.02. The minimum Gasteiger partial charge on any atom is -0.379 e. The average Bonchev–Trinajstić information content (AvgIpc) is 2.16. The molecule has 0 amide bonds. The van der Waals surface area contributed by atoms with Gasteiger partial charge in [-0.3, -0.25) is 0 Å². The van der Waals surface area contributed by atoms with Gasteiger partial charge in [0, 0.05) is 18.8 Å². The number of thiocarbonyl (C=S) groups is 1. The van der Waals surface area contributed by atoms with Crippen LogP contribution >= 0.6 is 24.0 Å². The summed E-state index contributed by atoms with van der Waals surface area (Å²) in [6.07, 6.45) is 1.85. The summed E-state index contributed by atoms with van der Waals surface area (Å²) >= 11 is 6.71. The van der Waals surface area contributed by atoms with Crippen LogP contribution < -0.4 is 5.43 Å². The first-order chi connectivity index (χ1) is 6.33. The first-order valence-corrected chi connectivity index (χ1v) is 5.59. The van der Waals surface area contributed by atoms with Crippen molar-refractivity contribution in [1.82, 2.24) is 10.4 Å². The Labute approximate surface area is 88.5 Å². The van der Waals surface area contributed by atoms with Crippen LogP contribution in [0.3, 0.4) is 0 Å². The van der Waals surface area contributed by atoms with Crippen LogP contribution in [0.2, 0.25) is 0 Å². The molecule has 1 fully saturated rings. The zero-order chi connectivity index (χ0) is 9.52. The topological polar surface area (TPSA) is 24.5 Å². The Kier molecular flexibility index (Phi) is 5.38. The predicted octanol–water partition coefficient (Wildman–Crippen LogP) is 1.03. The zero-order valence-corrected chi connectivity index (χ0v) is 9.12. The van der Waals surface area contributed by atoms with E-state index in [-0.39, 0.29) is 0 Å². The standard InChI is InChI=1S/C8H14N2OS2/c1-2-7-13-8(12)9-10-3-5-11-6-4-10/h2H,1,3-7H2,(H,9,12). The maximum Gasteiger partial charge on any atom is 0.148 e. The first-order valence-electron chi connectivity index (χ1n) is 4.20. The number of hydrogen-bond donors (Lipinski definition) is 1. The summed E-state index contributed by atoms with van der Waals surface area (Å²) in [6.45, 7) is 6.99. The molecule has 0 bridgehead atoms. The second-order valence-electron chi connectivity index (χ2n) is 2.60. The molecule has 74 valence electrons. The van der Waals surface area contributed by atoms with E-state index in [9.17, 15) is 0 Å². The molecule has 1 aliphatic rings. The third-order valence-corrected chi connectivity index (χ3v) is 2.79. The summed E-state index contributed by atoms with van der Waals surface area (Å²) in [5.74, 6) is 0.857. The highest BCUT2D eigenvalue weighted by atomic mass is 32.2. The highest BCUT2D eigenvalue weighted by molar-refractivity contribution is 8.23. The number of nitrogens with zero attached hydrogens (tertiary/aromatic N) is 1. The van der Waals surface area contributed by atoms with Crippen molar-refractivity contribution in [3.63, 3.8) is 0 Å². The molecule has 0 radical (unpaired) electrons. The van der Waals surface area contributed by atoms with Crippen LogP contribution in [-0.2, 0) is 4.74 Å². The van der Waals surface area contributed by atoms with Crippen LogP contribution in [0.4, 0.5) is 0 Å². The summed E-state index contributed by atoms with van der Waals surface area (Å²) in [4.78, 5) is 0. The summed E-state index contributed by atoms with van der Waals surface area (Å²) in [5.41, 5.74) is 3.15. The third-order valence-electron chi connectivity index (χ3n) is 1.59. The minimum atomic E-state index is 0.780. The second kappa shape index (κ2) is 6.37. The van der Waals surface area contributed by atoms with Gasteiger partial charge in [-0.25, -0.2) is 5.01 Å². The molecule has 1 N–H and O–H groups in total. The summed E-state index contributed by atoms with van der Waals surface area (Å²) in [7, 11) is 0. The van der Waals surface area contributed by atoms with Gasteiger partial charge in [-0.15, -0.1) is 6.58 Å². The van der Waals surface area contributed by atoms with Crippen molar-refractivity contribution in [2.24, 2.45) is 0 Å². The second-order valence-corrected chi connectivity index (χ2v) is 4.30. The van der Waals surface area contributed by atoms with Crippen LogP contribution in [0.15, 0.2) is 12.7 Å². The van der Waals surface area contributed by atoms with E-state index in [1.807, 2.05) is 6.08 Å². The van der Waals surface area contributed by atoms with Crippen molar-refractivity contribution in [3.05, 3.63) is 12.7 Å². The lowest BCUT2D eigenvalue weighted by Gasteiger charge is -2.27. The van der Waals surface area contributed by atoms with Crippen molar-refractivity contribution in [3.8, 4) is 0 Å².